The van der Waals surface area contributed by atoms with Crippen LogP contribution in [0.25, 0.3) is 0 Å². The molecule has 3 nitrogen and oxygen atoms in total. The highest BCUT2D eigenvalue weighted by atomic mass is 19.1. The van der Waals surface area contributed by atoms with E-state index >= 15 is 0 Å². The third-order valence-electron chi connectivity index (χ3n) is 4.05. The maximum Gasteiger partial charge on any atom is 0.125 e. The molecule has 2 unspecified atom stereocenters. The molecule has 0 aliphatic carbocycles. The monoisotopic (exact) mass is 250 g/mol. The van der Waals surface area contributed by atoms with E-state index in [2.05, 4.69) is 10.2 Å². The SMILES string of the molecule is CN(C)C1CC2(CCNC2)Oc2ccc(F)cc21. The molecule has 0 aromatic heterocycles. The van der Waals surface area contributed by atoms with Gasteiger partial charge in [-0.15, -0.1) is 0 Å². The Balaban J connectivity index is 2.02. The summed E-state index contributed by atoms with van der Waals surface area (Å²) in [6.45, 7) is 1.88. The summed E-state index contributed by atoms with van der Waals surface area (Å²) in [5, 5.41) is 3.37. The number of benzene rings is 1. The van der Waals surface area contributed by atoms with Gasteiger partial charge in [0.25, 0.3) is 0 Å². The van der Waals surface area contributed by atoms with Gasteiger partial charge in [0.1, 0.15) is 17.2 Å². The van der Waals surface area contributed by atoms with Gasteiger partial charge in [-0.05, 0) is 38.8 Å². The fraction of sp³-hybridized carbons (Fsp3) is 0.571. The average molecular weight is 250 g/mol. The zero-order chi connectivity index (χ0) is 12.8. The minimum Gasteiger partial charge on any atom is -0.485 e. The first kappa shape index (κ1) is 11.9. The molecular weight excluding hydrogens is 231 g/mol. The van der Waals surface area contributed by atoms with Crippen LogP contribution in [-0.4, -0.2) is 37.7 Å². The molecule has 1 saturated heterocycles. The highest BCUT2D eigenvalue weighted by Gasteiger charge is 2.43. The molecule has 1 N–H and O–H groups in total. The molecule has 4 heteroatoms. The normalized spacial score (nSPS) is 30.6. The third-order valence-corrected chi connectivity index (χ3v) is 4.05. The third kappa shape index (κ3) is 1.89. The van der Waals surface area contributed by atoms with Crippen molar-refractivity contribution in [3.63, 3.8) is 0 Å². The van der Waals surface area contributed by atoms with Gasteiger partial charge in [0, 0.05) is 31.0 Å². The Labute approximate surface area is 107 Å². The molecular formula is C14H19FN2O. The Morgan fingerprint density at radius 2 is 2.28 bits per heavy atom. The lowest BCUT2D eigenvalue weighted by molar-refractivity contribution is 0.0286. The number of rotatable bonds is 1. The summed E-state index contributed by atoms with van der Waals surface area (Å²) in [5.41, 5.74) is 0.859. The predicted octanol–water partition coefficient (Wildman–Crippen LogP) is 1.94. The summed E-state index contributed by atoms with van der Waals surface area (Å²) in [7, 11) is 4.08. The predicted molar refractivity (Wildman–Crippen MR) is 68.3 cm³/mol. The minimum absolute atomic E-state index is 0.111. The Bertz CT molecular complexity index is 455. The van der Waals surface area contributed by atoms with Crippen LogP contribution in [0, 0.1) is 5.82 Å². The molecule has 2 aliphatic rings. The molecule has 2 heterocycles. The molecule has 1 aromatic carbocycles. The van der Waals surface area contributed by atoms with Gasteiger partial charge in [-0.1, -0.05) is 0 Å². The van der Waals surface area contributed by atoms with Gasteiger partial charge in [0.2, 0.25) is 0 Å². The van der Waals surface area contributed by atoms with Crippen LogP contribution in [0.4, 0.5) is 4.39 Å². The van der Waals surface area contributed by atoms with Crippen LogP contribution in [0.3, 0.4) is 0 Å². The standard InChI is InChI=1S/C14H19FN2O/c1-17(2)12-8-14(5-6-16-9-14)18-13-4-3-10(15)7-11(12)13/h3-4,7,12,16H,5-6,8-9H2,1-2H3. The highest BCUT2D eigenvalue weighted by molar-refractivity contribution is 5.39. The van der Waals surface area contributed by atoms with E-state index in [1.807, 2.05) is 14.1 Å². The number of halogens is 1. The molecule has 2 atom stereocenters. The lowest BCUT2D eigenvalue weighted by Gasteiger charge is -2.41. The van der Waals surface area contributed by atoms with E-state index < -0.39 is 0 Å². The van der Waals surface area contributed by atoms with E-state index in [0.29, 0.717) is 0 Å². The van der Waals surface area contributed by atoms with Crippen molar-refractivity contribution in [1.82, 2.24) is 10.2 Å². The van der Waals surface area contributed by atoms with Crippen molar-refractivity contribution >= 4 is 0 Å². The largest absolute Gasteiger partial charge is 0.485 e. The molecule has 98 valence electrons. The molecule has 1 aromatic rings. The van der Waals surface area contributed by atoms with E-state index in [-0.39, 0.29) is 17.5 Å². The van der Waals surface area contributed by atoms with E-state index in [4.69, 9.17) is 4.74 Å². The minimum atomic E-state index is -0.190. The lowest BCUT2D eigenvalue weighted by Crippen LogP contribution is -2.45. The van der Waals surface area contributed by atoms with Gasteiger partial charge in [-0.3, -0.25) is 0 Å². The number of hydrogen-bond acceptors (Lipinski definition) is 3. The van der Waals surface area contributed by atoms with Crippen molar-refractivity contribution in [2.45, 2.75) is 24.5 Å². The van der Waals surface area contributed by atoms with Crippen molar-refractivity contribution in [3.05, 3.63) is 29.6 Å². The van der Waals surface area contributed by atoms with Gasteiger partial charge >= 0.3 is 0 Å². The molecule has 1 spiro atoms. The first-order valence-corrected chi connectivity index (χ1v) is 6.45. The molecule has 0 saturated carbocycles. The summed E-state index contributed by atoms with van der Waals surface area (Å²) in [4.78, 5) is 2.15. The first-order valence-electron chi connectivity index (χ1n) is 6.45. The van der Waals surface area contributed by atoms with Crippen LogP contribution in [0.1, 0.15) is 24.4 Å². The van der Waals surface area contributed by atoms with Gasteiger partial charge in [-0.2, -0.15) is 0 Å². The maximum atomic E-state index is 13.4. The molecule has 0 bridgehead atoms. The zero-order valence-corrected chi connectivity index (χ0v) is 10.9. The van der Waals surface area contributed by atoms with Gasteiger partial charge in [0.15, 0.2) is 0 Å². The van der Waals surface area contributed by atoms with Gasteiger partial charge in [-0.25, -0.2) is 4.39 Å². The van der Waals surface area contributed by atoms with Gasteiger partial charge < -0.3 is 15.0 Å². The Morgan fingerprint density at radius 3 is 2.94 bits per heavy atom. The molecule has 0 amide bonds. The Hall–Kier alpha value is -1.13. The first-order chi connectivity index (χ1) is 8.60. The zero-order valence-electron chi connectivity index (χ0n) is 10.9. The maximum absolute atomic E-state index is 13.4. The summed E-state index contributed by atoms with van der Waals surface area (Å²) in [5.74, 6) is 0.648. The van der Waals surface area contributed by atoms with Crippen LogP contribution in [0.5, 0.6) is 5.75 Å². The molecule has 2 aliphatic heterocycles. The highest BCUT2D eigenvalue weighted by Crippen LogP contribution is 2.44. The molecule has 18 heavy (non-hydrogen) atoms. The van der Waals surface area contributed by atoms with E-state index in [1.165, 1.54) is 6.07 Å². The Morgan fingerprint density at radius 1 is 1.44 bits per heavy atom. The van der Waals surface area contributed by atoms with Crippen molar-refractivity contribution in [1.29, 1.82) is 0 Å². The van der Waals surface area contributed by atoms with E-state index in [0.717, 1.165) is 37.2 Å². The molecule has 3 rings (SSSR count). The van der Waals surface area contributed by atoms with Gasteiger partial charge in [0.05, 0.1) is 0 Å². The van der Waals surface area contributed by atoms with Crippen LogP contribution in [0.15, 0.2) is 18.2 Å². The fourth-order valence-electron chi connectivity index (χ4n) is 3.05. The van der Waals surface area contributed by atoms with Crippen LogP contribution in [0.2, 0.25) is 0 Å². The average Bonchev–Trinajstić information content (AvgIpc) is 2.77. The van der Waals surface area contributed by atoms with Crippen molar-refractivity contribution in [2.24, 2.45) is 0 Å². The topological polar surface area (TPSA) is 24.5 Å². The van der Waals surface area contributed by atoms with Crippen LogP contribution < -0.4 is 10.1 Å². The van der Waals surface area contributed by atoms with Crippen molar-refractivity contribution in [2.75, 3.05) is 27.2 Å². The van der Waals surface area contributed by atoms with Crippen LogP contribution >= 0.6 is 0 Å². The second-order valence-corrected chi connectivity index (χ2v) is 5.58. The number of nitrogens with one attached hydrogen (secondary N) is 1. The van der Waals surface area contributed by atoms with Crippen LogP contribution in [-0.2, 0) is 0 Å². The molecule has 1 fully saturated rings. The molecule has 0 radical (unpaired) electrons. The second kappa shape index (κ2) is 4.21. The van der Waals surface area contributed by atoms with E-state index in [1.54, 1.807) is 12.1 Å². The van der Waals surface area contributed by atoms with Crippen molar-refractivity contribution < 1.29 is 9.13 Å². The number of ether oxygens (including phenoxy) is 1. The number of nitrogens with zero attached hydrogens (tertiary/aromatic N) is 1. The summed E-state index contributed by atoms with van der Waals surface area (Å²) < 4.78 is 19.6. The lowest BCUT2D eigenvalue weighted by atomic mass is 9.86. The fourth-order valence-corrected chi connectivity index (χ4v) is 3.05. The number of fused-ring (bicyclic) bond motifs is 1. The van der Waals surface area contributed by atoms with E-state index in [9.17, 15) is 4.39 Å². The second-order valence-electron chi connectivity index (χ2n) is 5.58. The smallest absolute Gasteiger partial charge is 0.125 e. The Kier molecular flexibility index (Phi) is 2.79. The van der Waals surface area contributed by atoms with Crippen molar-refractivity contribution in [3.8, 4) is 5.75 Å². The quantitative estimate of drug-likeness (QED) is 0.824. The summed E-state index contributed by atoms with van der Waals surface area (Å²) in [6, 6.07) is 5.08. The summed E-state index contributed by atoms with van der Waals surface area (Å²) in [6.07, 6.45) is 1.94. The number of hydrogen-bond donors (Lipinski definition) is 1. The summed E-state index contributed by atoms with van der Waals surface area (Å²) >= 11 is 0.